The summed E-state index contributed by atoms with van der Waals surface area (Å²) in [4.78, 5) is 14.5. The molecule has 0 radical (unpaired) electrons. The maximum Gasteiger partial charge on any atom is 0.222 e. The molecule has 28 heavy (non-hydrogen) atoms. The van der Waals surface area contributed by atoms with Crippen LogP contribution in [0, 0.1) is 0 Å². The molecule has 1 amide bonds. The van der Waals surface area contributed by atoms with Crippen molar-refractivity contribution in [1.29, 1.82) is 0 Å². The maximum atomic E-state index is 12.6. The molecule has 4 nitrogen and oxygen atoms in total. The highest BCUT2D eigenvalue weighted by Gasteiger charge is 2.20. The predicted octanol–water partition coefficient (Wildman–Crippen LogP) is 5.25. The molecule has 1 aromatic heterocycles. The van der Waals surface area contributed by atoms with Crippen LogP contribution >= 0.6 is 0 Å². The zero-order valence-electron chi connectivity index (χ0n) is 16.5. The van der Waals surface area contributed by atoms with Gasteiger partial charge in [0.2, 0.25) is 5.91 Å². The lowest BCUT2D eigenvalue weighted by Gasteiger charge is -2.25. The lowest BCUT2D eigenvalue weighted by atomic mass is 9.93. The number of hydrogen-bond acceptors (Lipinski definition) is 3. The third kappa shape index (κ3) is 5.03. The third-order valence-electron chi connectivity index (χ3n) is 4.96. The van der Waals surface area contributed by atoms with Crippen LogP contribution < -0.4 is 4.74 Å². The van der Waals surface area contributed by atoms with Crippen molar-refractivity contribution >= 4 is 5.91 Å². The molecule has 0 aliphatic heterocycles. The largest absolute Gasteiger partial charge is 0.497 e. The van der Waals surface area contributed by atoms with Gasteiger partial charge in [0.15, 0.2) is 0 Å². The predicted molar refractivity (Wildman–Crippen MR) is 110 cm³/mol. The molecular weight excluding hydrogens is 350 g/mol. The fourth-order valence-corrected chi connectivity index (χ4v) is 3.40. The van der Waals surface area contributed by atoms with Gasteiger partial charge < -0.3 is 14.1 Å². The van der Waals surface area contributed by atoms with E-state index in [4.69, 9.17) is 9.15 Å². The minimum Gasteiger partial charge on any atom is -0.497 e. The molecule has 0 bridgehead atoms. The number of amides is 1. The Morgan fingerprint density at radius 3 is 2.39 bits per heavy atom. The molecule has 1 atom stereocenters. The molecule has 0 N–H and O–H groups in total. The molecule has 0 unspecified atom stereocenters. The summed E-state index contributed by atoms with van der Waals surface area (Å²) in [5, 5.41) is 0. The Bertz CT molecular complexity index is 841. The number of carbonyl (C=O) groups excluding carboxylic acids is 1. The molecule has 0 aliphatic rings. The van der Waals surface area contributed by atoms with Gasteiger partial charge in [-0.3, -0.25) is 4.79 Å². The minimum absolute atomic E-state index is 0.124. The Balaban J connectivity index is 1.74. The van der Waals surface area contributed by atoms with Crippen molar-refractivity contribution in [3.05, 3.63) is 89.9 Å². The highest BCUT2D eigenvalue weighted by molar-refractivity contribution is 5.75. The topological polar surface area (TPSA) is 42.7 Å². The lowest BCUT2D eigenvalue weighted by Crippen LogP contribution is -2.31. The molecule has 4 heteroatoms. The van der Waals surface area contributed by atoms with Crippen LogP contribution in [-0.4, -0.2) is 24.5 Å². The van der Waals surface area contributed by atoms with Crippen molar-refractivity contribution in [2.45, 2.75) is 32.2 Å². The number of rotatable bonds is 9. The van der Waals surface area contributed by atoms with Gasteiger partial charge in [0, 0.05) is 25.4 Å². The standard InChI is InChI=1S/C24H27NO3/c1-3-24(26)25(18-19-11-13-21(27-2)14-12-19)16-15-22(23-10-7-17-28-23)20-8-5-4-6-9-20/h4-14,17,22H,3,15-16,18H2,1-2H3/t22-/m1/s1. The average Bonchev–Trinajstić information content (AvgIpc) is 3.28. The molecule has 0 fully saturated rings. The molecular formula is C24H27NO3. The van der Waals surface area contributed by atoms with E-state index < -0.39 is 0 Å². The second-order valence-electron chi connectivity index (χ2n) is 6.78. The summed E-state index contributed by atoms with van der Waals surface area (Å²) < 4.78 is 10.9. The first-order valence-corrected chi connectivity index (χ1v) is 9.70. The van der Waals surface area contributed by atoms with Gasteiger partial charge in [-0.05, 0) is 41.8 Å². The molecule has 0 aliphatic carbocycles. The van der Waals surface area contributed by atoms with Gasteiger partial charge in [0.05, 0.1) is 13.4 Å². The summed E-state index contributed by atoms with van der Waals surface area (Å²) in [6.07, 6.45) is 3.00. The van der Waals surface area contributed by atoms with Gasteiger partial charge in [-0.15, -0.1) is 0 Å². The van der Waals surface area contributed by atoms with Crippen molar-refractivity contribution in [3.63, 3.8) is 0 Å². The summed E-state index contributed by atoms with van der Waals surface area (Å²) in [6, 6.07) is 22.1. The first-order valence-electron chi connectivity index (χ1n) is 9.70. The van der Waals surface area contributed by atoms with Gasteiger partial charge in [-0.25, -0.2) is 0 Å². The first kappa shape index (κ1) is 19.7. The number of nitrogens with zero attached hydrogens (tertiary/aromatic N) is 1. The second kappa shape index (κ2) is 9.79. The van der Waals surface area contributed by atoms with Crippen LogP contribution in [0.1, 0.15) is 42.6 Å². The van der Waals surface area contributed by atoms with Crippen LogP contribution in [0.2, 0.25) is 0 Å². The number of ether oxygens (including phenoxy) is 1. The summed E-state index contributed by atoms with van der Waals surface area (Å²) in [7, 11) is 1.65. The van der Waals surface area contributed by atoms with E-state index in [0.717, 1.165) is 23.5 Å². The summed E-state index contributed by atoms with van der Waals surface area (Å²) in [6.45, 7) is 3.17. The Labute approximate surface area is 166 Å². The van der Waals surface area contributed by atoms with E-state index in [9.17, 15) is 4.79 Å². The van der Waals surface area contributed by atoms with E-state index in [0.29, 0.717) is 19.5 Å². The van der Waals surface area contributed by atoms with E-state index >= 15 is 0 Å². The summed E-state index contributed by atoms with van der Waals surface area (Å²) in [5.41, 5.74) is 2.29. The molecule has 146 valence electrons. The summed E-state index contributed by atoms with van der Waals surface area (Å²) in [5.74, 6) is 2.03. The molecule has 0 saturated heterocycles. The lowest BCUT2D eigenvalue weighted by molar-refractivity contribution is -0.131. The summed E-state index contributed by atoms with van der Waals surface area (Å²) >= 11 is 0. The van der Waals surface area contributed by atoms with Crippen LogP contribution in [0.15, 0.2) is 77.4 Å². The molecule has 0 spiro atoms. The van der Waals surface area contributed by atoms with E-state index in [1.54, 1.807) is 13.4 Å². The van der Waals surface area contributed by atoms with Crippen LogP contribution in [0.5, 0.6) is 5.75 Å². The van der Waals surface area contributed by atoms with Gasteiger partial charge in [0.25, 0.3) is 0 Å². The fourth-order valence-electron chi connectivity index (χ4n) is 3.40. The highest BCUT2D eigenvalue weighted by Crippen LogP contribution is 2.29. The van der Waals surface area contributed by atoms with E-state index in [1.807, 2.05) is 66.4 Å². The number of hydrogen-bond donors (Lipinski definition) is 0. The van der Waals surface area contributed by atoms with Gasteiger partial charge in [0.1, 0.15) is 11.5 Å². The van der Waals surface area contributed by atoms with Crippen molar-refractivity contribution in [2.24, 2.45) is 0 Å². The smallest absolute Gasteiger partial charge is 0.222 e. The molecule has 3 rings (SSSR count). The van der Waals surface area contributed by atoms with Crippen LogP contribution in [0.4, 0.5) is 0 Å². The van der Waals surface area contributed by atoms with Crippen molar-refractivity contribution < 1.29 is 13.9 Å². The minimum atomic E-state index is 0.124. The second-order valence-corrected chi connectivity index (χ2v) is 6.78. The normalized spacial score (nSPS) is 11.8. The Morgan fingerprint density at radius 2 is 1.79 bits per heavy atom. The quantitative estimate of drug-likeness (QED) is 0.511. The van der Waals surface area contributed by atoms with Crippen molar-refractivity contribution in [2.75, 3.05) is 13.7 Å². The highest BCUT2D eigenvalue weighted by atomic mass is 16.5. The van der Waals surface area contributed by atoms with E-state index in [-0.39, 0.29) is 11.8 Å². The number of benzene rings is 2. The zero-order valence-corrected chi connectivity index (χ0v) is 16.5. The number of furan rings is 1. The average molecular weight is 377 g/mol. The fraction of sp³-hybridized carbons (Fsp3) is 0.292. The molecule has 0 saturated carbocycles. The van der Waals surface area contributed by atoms with Crippen LogP contribution in [0.25, 0.3) is 0 Å². The van der Waals surface area contributed by atoms with Gasteiger partial charge in [-0.1, -0.05) is 49.4 Å². The molecule has 1 heterocycles. The Morgan fingerprint density at radius 1 is 1.04 bits per heavy atom. The third-order valence-corrected chi connectivity index (χ3v) is 4.96. The van der Waals surface area contributed by atoms with E-state index in [2.05, 4.69) is 12.1 Å². The molecule has 2 aromatic carbocycles. The van der Waals surface area contributed by atoms with Crippen LogP contribution in [0.3, 0.4) is 0 Å². The Kier molecular flexibility index (Phi) is 6.90. The van der Waals surface area contributed by atoms with Gasteiger partial charge in [-0.2, -0.15) is 0 Å². The molecule has 3 aromatic rings. The van der Waals surface area contributed by atoms with Crippen molar-refractivity contribution in [3.8, 4) is 5.75 Å². The van der Waals surface area contributed by atoms with Crippen LogP contribution in [-0.2, 0) is 11.3 Å². The SMILES string of the molecule is CCC(=O)N(CC[C@H](c1ccccc1)c1ccco1)Cc1ccc(OC)cc1. The van der Waals surface area contributed by atoms with E-state index in [1.165, 1.54) is 5.56 Å². The monoisotopic (exact) mass is 377 g/mol. The van der Waals surface area contributed by atoms with Crippen molar-refractivity contribution in [1.82, 2.24) is 4.90 Å². The Hall–Kier alpha value is -3.01. The zero-order chi connectivity index (χ0) is 19.8. The maximum absolute atomic E-state index is 12.6. The number of methoxy groups -OCH3 is 1. The number of carbonyl (C=O) groups is 1. The first-order chi connectivity index (χ1) is 13.7. The van der Waals surface area contributed by atoms with Gasteiger partial charge >= 0.3 is 0 Å².